The van der Waals surface area contributed by atoms with Gasteiger partial charge < -0.3 is 15.4 Å². The molecule has 0 radical (unpaired) electrons. The standard InChI is InChI=1S/C19H18N4O2/c1-13-5-3-4-6-16(13)20-17-11-12-18(23-22-17)21-19(24)14-7-9-15(25-2)10-8-14/h3-12H,1-2H3,(H,20,22)(H,21,23,24). The zero-order valence-corrected chi connectivity index (χ0v) is 14.0. The SMILES string of the molecule is COc1ccc(C(=O)Nc2ccc(Nc3ccccc3C)nn2)cc1. The van der Waals surface area contributed by atoms with Gasteiger partial charge in [-0.15, -0.1) is 10.2 Å². The molecule has 2 aromatic carbocycles. The van der Waals surface area contributed by atoms with E-state index >= 15 is 0 Å². The van der Waals surface area contributed by atoms with Gasteiger partial charge in [0, 0.05) is 11.3 Å². The molecule has 1 aromatic heterocycles. The molecule has 6 heteroatoms. The number of hydrogen-bond donors (Lipinski definition) is 2. The van der Waals surface area contributed by atoms with Crippen molar-refractivity contribution in [3.8, 4) is 5.75 Å². The molecular formula is C19H18N4O2. The number of nitrogens with zero attached hydrogens (tertiary/aromatic N) is 2. The largest absolute Gasteiger partial charge is 0.497 e. The van der Waals surface area contributed by atoms with Crippen molar-refractivity contribution in [3.05, 3.63) is 71.8 Å². The summed E-state index contributed by atoms with van der Waals surface area (Å²) < 4.78 is 5.08. The highest BCUT2D eigenvalue weighted by atomic mass is 16.5. The van der Waals surface area contributed by atoms with Crippen LogP contribution >= 0.6 is 0 Å². The molecule has 2 N–H and O–H groups in total. The van der Waals surface area contributed by atoms with Crippen LogP contribution < -0.4 is 15.4 Å². The predicted octanol–water partition coefficient (Wildman–Crippen LogP) is 3.79. The average Bonchev–Trinajstić information content (AvgIpc) is 2.65. The number of carbonyl (C=O) groups is 1. The molecule has 6 nitrogen and oxygen atoms in total. The number of rotatable bonds is 5. The van der Waals surface area contributed by atoms with Gasteiger partial charge in [-0.3, -0.25) is 4.79 Å². The Morgan fingerprint density at radius 1 is 0.920 bits per heavy atom. The highest BCUT2D eigenvalue weighted by Crippen LogP contribution is 2.19. The zero-order valence-electron chi connectivity index (χ0n) is 14.0. The van der Waals surface area contributed by atoms with Crippen molar-refractivity contribution >= 4 is 23.2 Å². The first-order valence-electron chi connectivity index (χ1n) is 7.77. The minimum absolute atomic E-state index is 0.253. The second kappa shape index (κ2) is 7.44. The normalized spacial score (nSPS) is 10.2. The number of benzene rings is 2. The van der Waals surface area contributed by atoms with Crippen LogP contribution in [0.25, 0.3) is 0 Å². The number of ether oxygens (including phenoxy) is 1. The van der Waals surface area contributed by atoms with E-state index in [1.807, 2.05) is 31.2 Å². The van der Waals surface area contributed by atoms with Crippen molar-refractivity contribution in [2.75, 3.05) is 17.7 Å². The minimum Gasteiger partial charge on any atom is -0.497 e. The van der Waals surface area contributed by atoms with Crippen LogP contribution in [-0.4, -0.2) is 23.2 Å². The van der Waals surface area contributed by atoms with Gasteiger partial charge in [0.25, 0.3) is 5.91 Å². The number of carbonyl (C=O) groups excluding carboxylic acids is 1. The molecule has 0 saturated carbocycles. The lowest BCUT2D eigenvalue weighted by Gasteiger charge is -2.09. The number of methoxy groups -OCH3 is 1. The molecule has 0 aliphatic heterocycles. The van der Waals surface area contributed by atoms with Crippen LogP contribution in [0.2, 0.25) is 0 Å². The molecule has 0 unspecified atom stereocenters. The van der Waals surface area contributed by atoms with Gasteiger partial charge in [0.1, 0.15) is 5.75 Å². The number of para-hydroxylation sites is 1. The fraction of sp³-hybridized carbons (Fsp3) is 0.105. The molecule has 25 heavy (non-hydrogen) atoms. The second-order valence-electron chi connectivity index (χ2n) is 5.43. The maximum atomic E-state index is 12.2. The Morgan fingerprint density at radius 2 is 1.60 bits per heavy atom. The smallest absolute Gasteiger partial charge is 0.256 e. The Hall–Kier alpha value is -3.41. The molecule has 126 valence electrons. The van der Waals surface area contributed by atoms with Gasteiger partial charge in [0.2, 0.25) is 0 Å². The summed E-state index contributed by atoms with van der Waals surface area (Å²) in [6.45, 7) is 2.01. The first kappa shape index (κ1) is 16.4. The Balaban J connectivity index is 1.65. The zero-order chi connectivity index (χ0) is 17.6. The third-order valence-corrected chi connectivity index (χ3v) is 3.67. The molecule has 0 bridgehead atoms. The monoisotopic (exact) mass is 334 g/mol. The molecule has 0 aliphatic carbocycles. The summed E-state index contributed by atoms with van der Waals surface area (Å²) >= 11 is 0. The average molecular weight is 334 g/mol. The first-order chi connectivity index (χ1) is 12.2. The van der Waals surface area contributed by atoms with Gasteiger partial charge in [-0.05, 0) is 55.0 Å². The summed E-state index contributed by atoms with van der Waals surface area (Å²) in [6, 6.07) is 18.2. The van der Waals surface area contributed by atoms with Gasteiger partial charge in [0.15, 0.2) is 11.6 Å². The van der Waals surface area contributed by atoms with E-state index in [4.69, 9.17) is 4.74 Å². The van der Waals surface area contributed by atoms with E-state index in [0.717, 1.165) is 11.3 Å². The summed E-state index contributed by atoms with van der Waals surface area (Å²) in [6.07, 6.45) is 0. The maximum Gasteiger partial charge on any atom is 0.256 e. The number of nitrogens with one attached hydrogen (secondary N) is 2. The Labute approximate surface area is 145 Å². The molecule has 0 aliphatic rings. The van der Waals surface area contributed by atoms with E-state index in [9.17, 15) is 4.79 Å². The summed E-state index contributed by atoms with van der Waals surface area (Å²) in [5, 5.41) is 14.0. The topological polar surface area (TPSA) is 76.1 Å². The van der Waals surface area contributed by atoms with Crippen LogP contribution in [0.15, 0.2) is 60.7 Å². The van der Waals surface area contributed by atoms with Crippen molar-refractivity contribution in [2.24, 2.45) is 0 Å². The van der Waals surface area contributed by atoms with Crippen LogP contribution in [0.1, 0.15) is 15.9 Å². The van der Waals surface area contributed by atoms with E-state index in [-0.39, 0.29) is 5.91 Å². The van der Waals surface area contributed by atoms with Crippen LogP contribution in [0.4, 0.5) is 17.3 Å². The predicted molar refractivity (Wildman–Crippen MR) is 97.4 cm³/mol. The van der Waals surface area contributed by atoms with Crippen molar-refractivity contribution in [2.45, 2.75) is 6.92 Å². The maximum absolute atomic E-state index is 12.2. The molecule has 3 aromatic rings. The van der Waals surface area contributed by atoms with Crippen molar-refractivity contribution < 1.29 is 9.53 Å². The molecule has 1 amide bonds. The second-order valence-corrected chi connectivity index (χ2v) is 5.43. The minimum atomic E-state index is -0.253. The van der Waals surface area contributed by atoms with Crippen molar-refractivity contribution in [1.82, 2.24) is 10.2 Å². The van der Waals surface area contributed by atoms with Gasteiger partial charge in [0.05, 0.1) is 7.11 Å². The molecule has 0 fully saturated rings. The molecule has 3 rings (SSSR count). The highest BCUT2D eigenvalue weighted by molar-refractivity contribution is 6.03. The molecular weight excluding hydrogens is 316 g/mol. The van der Waals surface area contributed by atoms with E-state index in [1.54, 1.807) is 43.5 Å². The fourth-order valence-corrected chi connectivity index (χ4v) is 2.25. The first-order valence-corrected chi connectivity index (χ1v) is 7.77. The van der Waals surface area contributed by atoms with Crippen LogP contribution in [-0.2, 0) is 0 Å². The van der Waals surface area contributed by atoms with Crippen LogP contribution in [0, 0.1) is 6.92 Å². The van der Waals surface area contributed by atoms with Gasteiger partial charge in [-0.2, -0.15) is 0 Å². The number of anilines is 3. The van der Waals surface area contributed by atoms with Crippen LogP contribution in [0.5, 0.6) is 5.75 Å². The Morgan fingerprint density at radius 3 is 2.24 bits per heavy atom. The number of hydrogen-bond acceptors (Lipinski definition) is 5. The van der Waals surface area contributed by atoms with Gasteiger partial charge in [-0.25, -0.2) is 0 Å². The third-order valence-electron chi connectivity index (χ3n) is 3.67. The molecule has 0 atom stereocenters. The quantitative estimate of drug-likeness (QED) is 0.742. The van der Waals surface area contributed by atoms with E-state index in [0.29, 0.717) is 22.9 Å². The van der Waals surface area contributed by atoms with Gasteiger partial charge >= 0.3 is 0 Å². The summed E-state index contributed by atoms with van der Waals surface area (Å²) in [7, 11) is 1.58. The number of aryl methyl sites for hydroxylation is 1. The fourth-order valence-electron chi connectivity index (χ4n) is 2.25. The van der Waals surface area contributed by atoms with E-state index in [2.05, 4.69) is 20.8 Å². The number of amides is 1. The van der Waals surface area contributed by atoms with E-state index in [1.165, 1.54) is 0 Å². The third kappa shape index (κ3) is 4.11. The summed E-state index contributed by atoms with van der Waals surface area (Å²) in [5.41, 5.74) is 2.60. The van der Waals surface area contributed by atoms with E-state index < -0.39 is 0 Å². The lowest BCUT2D eigenvalue weighted by atomic mass is 10.2. The highest BCUT2D eigenvalue weighted by Gasteiger charge is 2.08. The number of aromatic nitrogens is 2. The summed E-state index contributed by atoms with van der Waals surface area (Å²) in [4.78, 5) is 12.2. The lowest BCUT2D eigenvalue weighted by Crippen LogP contribution is -2.13. The van der Waals surface area contributed by atoms with Crippen molar-refractivity contribution in [3.63, 3.8) is 0 Å². The van der Waals surface area contributed by atoms with Gasteiger partial charge in [-0.1, -0.05) is 18.2 Å². The van der Waals surface area contributed by atoms with Crippen molar-refractivity contribution in [1.29, 1.82) is 0 Å². The molecule has 0 spiro atoms. The summed E-state index contributed by atoms with van der Waals surface area (Å²) in [5.74, 6) is 1.44. The Kier molecular flexibility index (Phi) is 4.89. The molecule has 0 saturated heterocycles. The lowest BCUT2D eigenvalue weighted by molar-refractivity contribution is 0.102. The molecule has 1 heterocycles. The Bertz CT molecular complexity index is 861. The van der Waals surface area contributed by atoms with Crippen LogP contribution in [0.3, 0.4) is 0 Å².